The number of nitrogens with zero attached hydrogens (tertiary/aromatic N) is 2. The maximum atomic E-state index is 6.06. The minimum absolute atomic E-state index is 0.763. The molecule has 0 unspecified atom stereocenters. The van der Waals surface area contributed by atoms with Gasteiger partial charge in [-0.3, -0.25) is 0 Å². The highest BCUT2D eigenvalue weighted by Gasteiger charge is 2.24. The zero-order valence-corrected chi connectivity index (χ0v) is 13.9. The Hall–Kier alpha value is -2.06. The number of imidazole rings is 1. The van der Waals surface area contributed by atoms with E-state index in [2.05, 4.69) is 47.9 Å². The molecule has 3 aromatic rings. The molecule has 3 heteroatoms. The molecule has 2 aromatic carbocycles. The molecule has 0 aliphatic heterocycles. The number of rotatable bonds is 4. The second-order valence-electron chi connectivity index (χ2n) is 6.41. The van der Waals surface area contributed by atoms with Crippen LogP contribution in [0.4, 0.5) is 0 Å². The number of benzene rings is 2. The fourth-order valence-electron chi connectivity index (χ4n) is 2.93. The molecule has 0 saturated heterocycles. The average Bonchev–Trinajstić information content (AvgIpc) is 3.28. The molecule has 1 fully saturated rings. The maximum absolute atomic E-state index is 6.06. The van der Waals surface area contributed by atoms with E-state index >= 15 is 0 Å². The number of hydrogen-bond donors (Lipinski definition) is 0. The standard InChI is InChI=1S/C20H19ClN2/c1-14-2-6-16(7-3-14)19-20(17-8-10-18(21)11-9-17)23(13-22-19)12-15-4-5-15/h2-3,6-11,13,15H,4-5,12H2,1H3. The summed E-state index contributed by atoms with van der Waals surface area (Å²) in [7, 11) is 0. The van der Waals surface area contributed by atoms with Crippen LogP contribution in [0, 0.1) is 12.8 Å². The van der Waals surface area contributed by atoms with Crippen molar-refractivity contribution in [1.29, 1.82) is 0 Å². The highest BCUT2D eigenvalue weighted by Crippen LogP contribution is 2.36. The summed E-state index contributed by atoms with van der Waals surface area (Å²) in [5.74, 6) is 0.807. The van der Waals surface area contributed by atoms with Crippen LogP contribution in [0.2, 0.25) is 5.02 Å². The fraction of sp³-hybridized carbons (Fsp3) is 0.250. The Morgan fingerprint density at radius 1 is 1.00 bits per heavy atom. The highest BCUT2D eigenvalue weighted by atomic mass is 35.5. The number of halogens is 1. The van der Waals surface area contributed by atoms with Gasteiger partial charge in [0.25, 0.3) is 0 Å². The van der Waals surface area contributed by atoms with Crippen LogP contribution in [0.15, 0.2) is 54.9 Å². The number of aryl methyl sites for hydroxylation is 1. The summed E-state index contributed by atoms with van der Waals surface area (Å²) in [5, 5.41) is 0.763. The predicted octanol–water partition coefficient (Wildman–Crippen LogP) is 5.59. The summed E-state index contributed by atoms with van der Waals surface area (Å²) < 4.78 is 2.30. The molecule has 1 aliphatic carbocycles. The van der Waals surface area contributed by atoms with Crippen LogP contribution in [-0.2, 0) is 6.54 Å². The van der Waals surface area contributed by atoms with Gasteiger partial charge < -0.3 is 4.57 Å². The molecule has 0 spiro atoms. The highest BCUT2D eigenvalue weighted by molar-refractivity contribution is 6.30. The maximum Gasteiger partial charge on any atom is 0.0963 e. The van der Waals surface area contributed by atoms with E-state index in [1.807, 2.05) is 18.5 Å². The molecule has 0 amide bonds. The Bertz CT molecular complexity index is 812. The van der Waals surface area contributed by atoms with Gasteiger partial charge in [0.15, 0.2) is 0 Å². The summed E-state index contributed by atoms with van der Waals surface area (Å²) in [6, 6.07) is 16.6. The molecule has 1 heterocycles. The first-order chi connectivity index (χ1) is 11.2. The van der Waals surface area contributed by atoms with Gasteiger partial charge in [-0.05, 0) is 37.8 Å². The summed E-state index contributed by atoms with van der Waals surface area (Å²) in [6.45, 7) is 3.16. The van der Waals surface area contributed by atoms with Gasteiger partial charge in [0.1, 0.15) is 0 Å². The van der Waals surface area contributed by atoms with Crippen molar-refractivity contribution in [2.24, 2.45) is 5.92 Å². The largest absolute Gasteiger partial charge is 0.330 e. The molecule has 1 saturated carbocycles. The van der Waals surface area contributed by atoms with Crippen LogP contribution in [0.5, 0.6) is 0 Å². The lowest BCUT2D eigenvalue weighted by Gasteiger charge is -2.10. The van der Waals surface area contributed by atoms with Gasteiger partial charge in [-0.25, -0.2) is 4.98 Å². The van der Waals surface area contributed by atoms with Crippen LogP contribution in [0.25, 0.3) is 22.5 Å². The molecule has 0 atom stereocenters. The smallest absolute Gasteiger partial charge is 0.0963 e. The van der Waals surface area contributed by atoms with Gasteiger partial charge in [-0.1, -0.05) is 53.6 Å². The second-order valence-corrected chi connectivity index (χ2v) is 6.85. The van der Waals surface area contributed by atoms with Gasteiger partial charge >= 0.3 is 0 Å². The molecule has 1 aliphatic rings. The van der Waals surface area contributed by atoms with Crippen LogP contribution in [-0.4, -0.2) is 9.55 Å². The monoisotopic (exact) mass is 322 g/mol. The lowest BCUT2D eigenvalue weighted by molar-refractivity contribution is 0.631. The lowest BCUT2D eigenvalue weighted by atomic mass is 10.0. The molecule has 2 nitrogen and oxygen atoms in total. The van der Waals surface area contributed by atoms with E-state index in [1.165, 1.54) is 29.7 Å². The van der Waals surface area contributed by atoms with E-state index in [-0.39, 0.29) is 0 Å². The topological polar surface area (TPSA) is 17.8 Å². The Morgan fingerprint density at radius 3 is 2.30 bits per heavy atom. The van der Waals surface area contributed by atoms with Crippen LogP contribution in [0.3, 0.4) is 0 Å². The van der Waals surface area contributed by atoms with E-state index in [4.69, 9.17) is 16.6 Å². The normalized spacial score (nSPS) is 14.2. The van der Waals surface area contributed by atoms with Crippen LogP contribution < -0.4 is 0 Å². The Morgan fingerprint density at radius 2 is 1.65 bits per heavy atom. The Labute approximate surface area is 141 Å². The zero-order chi connectivity index (χ0) is 15.8. The number of hydrogen-bond acceptors (Lipinski definition) is 1. The summed E-state index contributed by atoms with van der Waals surface area (Å²) in [4.78, 5) is 4.73. The lowest BCUT2D eigenvalue weighted by Crippen LogP contribution is -2.01. The third-order valence-corrected chi connectivity index (χ3v) is 4.68. The van der Waals surface area contributed by atoms with Crippen molar-refractivity contribution in [3.8, 4) is 22.5 Å². The minimum Gasteiger partial charge on any atom is -0.330 e. The van der Waals surface area contributed by atoms with Crippen molar-refractivity contribution in [3.63, 3.8) is 0 Å². The van der Waals surface area contributed by atoms with E-state index in [9.17, 15) is 0 Å². The Kier molecular flexibility index (Phi) is 3.70. The van der Waals surface area contributed by atoms with Crippen molar-refractivity contribution in [2.45, 2.75) is 26.3 Å². The van der Waals surface area contributed by atoms with E-state index in [0.29, 0.717) is 0 Å². The van der Waals surface area contributed by atoms with Gasteiger partial charge in [0.05, 0.1) is 17.7 Å². The van der Waals surface area contributed by atoms with E-state index in [1.54, 1.807) is 0 Å². The second kappa shape index (κ2) is 5.86. The van der Waals surface area contributed by atoms with Gasteiger partial charge in [0, 0.05) is 22.7 Å². The first kappa shape index (κ1) is 14.5. The average molecular weight is 323 g/mol. The van der Waals surface area contributed by atoms with Crippen LogP contribution >= 0.6 is 11.6 Å². The molecule has 0 N–H and O–H groups in total. The summed E-state index contributed by atoms with van der Waals surface area (Å²) in [6.07, 6.45) is 4.65. The molecule has 23 heavy (non-hydrogen) atoms. The van der Waals surface area contributed by atoms with Gasteiger partial charge in [-0.2, -0.15) is 0 Å². The van der Waals surface area contributed by atoms with Crippen molar-refractivity contribution in [3.05, 3.63) is 65.4 Å². The number of aromatic nitrogens is 2. The summed E-state index contributed by atoms with van der Waals surface area (Å²) in [5.41, 5.74) is 5.84. The van der Waals surface area contributed by atoms with Crippen molar-refractivity contribution in [1.82, 2.24) is 9.55 Å². The zero-order valence-electron chi connectivity index (χ0n) is 13.2. The van der Waals surface area contributed by atoms with Gasteiger partial charge in [0.2, 0.25) is 0 Å². The predicted molar refractivity (Wildman–Crippen MR) is 95.6 cm³/mol. The van der Waals surface area contributed by atoms with Gasteiger partial charge in [-0.15, -0.1) is 0 Å². The van der Waals surface area contributed by atoms with E-state index < -0.39 is 0 Å². The molecular weight excluding hydrogens is 304 g/mol. The molecule has 0 radical (unpaired) electrons. The first-order valence-corrected chi connectivity index (χ1v) is 8.46. The SMILES string of the molecule is Cc1ccc(-c2ncn(CC3CC3)c2-c2ccc(Cl)cc2)cc1. The molecular formula is C20H19ClN2. The molecule has 1 aromatic heterocycles. The minimum atomic E-state index is 0.763. The van der Waals surface area contributed by atoms with Crippen molar-refractivity contribution >= 4 is 11.6 Å². The van der Waals surface area contributed by atoms with Crippen molar-refractivity contribution in [2.75, 3.05) is 0 Å². The molecule has 116 valence electrons. The van der Waals surface area contributed by atoms with E-state index in [0.717, 1.165) is 28.7 Å². The molecule has 0 bridgehead atoms. The third kappa shape index (κ3) is 3.04. The Balaban J connectivity index is 1.83. The fourth-order valence-corrected chi connectivity index (χ4v) is 3.06. The molecule has 4 rings (SSSR count). The quantitative estimate of drug-likeness (QED) is 0.612. The third-order valence-electron chi connectivity index (χ3n) is 4.43. The summed E-state index contributed by atoms with van der Waals surface area (Å²) >= 11 is 6.06. The first-order valence-electron chi connectivity index (χ1n) is 8.09. The van der Waals surface area contributed by atoms with Crippen molar-refractivity contribution < 1.29 is 0 Å². The van der Waals surface area contributed by atoms with Crippen LogP contribution in [0.1, 0.15) is 18.4 Å².